The number of carbonyl (C=O) groups excluding carboxylic acids is 2. The molecule has 1 saturated heterocycles. The lowest BCUT2D eigenvalue weighted by Crippen LogP contribution is -2.38. The molecule has 0 spiro atoms. The molecule has 1 fully saturated rings. The number of nitrogens with zero attached hydrogens (tertiary/aromatic N) is 4. The molecule has 10 heteroatoms. The second kappa shape index (κ2) is 9.71. The Morgan fingerprint density at radius 2 is 1.85 bits per heavy atom. The molecule has 0 unspecified atom stereocenters. The van der Waals surface area contributed by atoms with Gasteiger partial charge in [-0.05, 0) is 49.8 Å². The van der Waals surface area contributed by atoms with Gasteiger partial charge in [0.15, 0.2) is 0 Å². The van der Waals surface area contributed by atoms with E-state index < -0.39 is 0 Å². The van der Waals surface area contributed by atoms with Crippen molar-refractivity contribution in [2.24, 2.45) is 0 Å². The summed E-state index contributed by atoms with van der Waals surface area (Å²) in [4.78, 5) is 33.3. The summed E-state index contributed by atoms with van der Waals surface area (Å²) in [7, 11) is 0. The molecule has 1 aliphatic rings. The van der Waals surface area contributed by atoms with Crippen LogP contribution in [-0.4, -0.2) is 45.0 Å². The quantitative estimate of drug-likeness (QED) is 0.470. The van der Waals surface area contributed by atoms with Crippen molar-refractivity contribution in [1.82, 2.24) is 20.1 Å². The number of likely N-dealkylation sites (tertiary alicyclic amines) is 1. The number of halogens is 1. The average molecular weight is 518 g/mol. The van der Waals surface area contributed by atoms with E-state index in [0.717, 1.165) is 34.8 Å². The summed E-state index contributed by atoms with van der Waals surface area (Å²) in [6, 6.07) is 3.67. The Labute approximate surface area is 212 Å². The molecule has 0 aromatic carbocycles. The number of pyridine rings is 1. The van der Waals surface area contributed by atoms with Gasteiger partial charge in [0.2, 0.25) is 5.13 Å². The standard InChI is InChI=1S/C24H28ClN5O2S2/c1-13-12-33-19(17(13)25)21(32)30-10-8-15(9-11-30)18-16(7-6-14(2)26-18)20(31)27-23-29-28-22(34-23)24(3,4)5/h6-7,12,15H,8-11H2,1-5H3,(H,27,29,31). The Kier molecular flexibility index (Phi) is 7.07. The summed E-state index contributed by atoms with van der Waals surface area (Å²) in [6.45, 7) is 11.2. The van der Waals surface area contributed by atoms with Gasteiger partial charge in [-0.15, -0.1) is 21.5 Å². The van der Waals surface area contributed by atoms with Crippen LogP contribution >= 0.6 is 34.3 Å². The first-order valence-corrected chi connectivity index (χ1v) is 13.3. The molecule has 0 atom stereocenters. The Morgan fingerprint density at radius 1 is 1.15 bits per heavy atom. The highest BCUT2D eigenvalue weighted by molar-refractivity contribution is 7.15. The molecule has 0 aliphatic carbocycles. The van der Waals surface area contributed by atoms with Crippen molar-refractivity contribution in [3.8, 4) is 0 Å². The van der Waals surface area contributed by atoms with Crippen LogP contribution in [0.3, 0.4) is 0 Å². The summed E-state index contributed by atoms with van der Waals surface area (Å²) >= 11 is 9.09. The van der Waals surface area contributed by atoms with Crippen molar-refractivity contribution < 1.29 is 9.59 Å². The number of hydrogen-bond donors (Lipinski definition) is 1. The third-order valence-corrected chi connectivity index (χ3v) is 8.81. The molecule has 0 bridgehead atoms. The van der Waals surface area contributed by atoms with Crippen LogP contribution in [-0.2, 0) is 5.41 Å². The van der Waals surface area contributed by atoms with Crippen LogP contribution in [0.4, 0.5) is 5.13 Å². The molecule has 0 radical (unpaired) electrons. The third kappa shape index (κ3) is 5.16. The monoisotopic (exact) mass is 517 g/mol. The zero-order valence-corrected chi connectivity index (χ0v) is 22.3. The summed E-state index contributed by atoms with van der Waals surface area (Å²) in [6.07, 6.45) is 1.47. The van der Waals surface area contributed by atoms with Gasteiger partial charge in [-0.2, -0.15) is 0 Å². The Hall–Kier alpha value is -2.36. The lowest BCUT2D eigenvalue weighted by Gasteiger charge is -2.32. The smallest absolute Gasteiger partial charge is 0.265 e. The van der Waals surface area contributed by atoms with Crippen LogP contribution in [0.5, 0.6) is 0 Å². The molecule has 1 N–H and O–H groups in total. The lowest BCUT2D eigenvalue weighted by molar-refractivity contribution is 0.0716. The van der Waals surface area contributed by atoms with E-state index in [1.54, 1.807) is 0 Å². The van der Waals surface area contributed by atoms with Crippen molar-refractivity contribution in [2.75, 3.05) is 18.4 Å². The van der Waals surface area contributed by atoms with Gasteiger partial charge in [0.25, 0.3) is 11.8 Å². The first kappa shape index (κ1) is 24.8. The highest BCUT2D eigenvalue weighted by Crippen LogP contribution is 2.34. The van der Waals surface area contributed by atoms with Crippen LogP contribution in [0.1, 0.15) is 81.5 Å². The summed E-state index contributed by atoms with van der Waals surface area (Å²) < 4.78 is 0. The molecular weight excluding hydrogens is 490 g/mol. The highest BCUT2D eigenvalue weighted by Gasteiger charge is 2.30. The second-order valence-corrected chi connectivity index (χ2v) is 11.9. The number of hydrogen-bond acceptors (Lipinski definition) is 7. The van der Waals surface area contributed by atoms with E-state index in [1.165, 1.54) is 22.7 Å². The van der Waals surface area contributed by atoms with Crippen molar-refractivity contribution >= 4 is 51.2 Å². The van der Waals surface area contributed by atoms with E-state index in [9.17, 15) is 9.59 Å². The molecule has 7 nitrogen and oxygen atoms in total. The molecule has 0 saturated carbocycles. The average Bonchev–Trinajstić information content (AvgIpc) is 3.40. The Morgan fingerprint density at radius 3 is 2.44 bits per heavy atom. The Bertz CT molecular complexity index is 1220. The van der Waals surface area contributed by atoms with Crippen LogP contribution in [0.2, 0.25) is 5.02 Å². The third-order valence-electron chi connectivity index (χ3n) is 5.86. The van der Waals surface area contributed by atoms with Crippen molar-refractivity contribution in [3.63, 3.8) is 0 Å². The molecule has 34 heavy (non-hydrogen) atoms. The van der Waals surface area contributed by atoms with Crippen LogP contribution in [0.15, 0.2) is 17.5 Å². The molecule has 3 aromatic heterocycles. The second-order valence-electron chi connectivity index (χ2n) is 9.63. The van der Waals surface area contributed by atoms with E-state index in [1.807, 2.05) is 36.3 Å². The van der Waals surface area contributed by atoms with Crippen molar-refractivity contribution in [2.45, 2.75) is 58.8 Å². The normalized spacial score (nSPS) is 14.9. The summed E-state index contributed by atoms with van der Waals surface area (Å²) in [5.74, 6) is -0.175. The number of aryl methyl sites for hydroxylation is 2. The van der Waals surface area contributed by atoms with Gasteiger partial charge in [0.05, 0.1) is 16.3 Å². The van der Waals surface area contributed by atoms with Crippen molar-refractivity contribution in [1.29, 1.82) is 0 Å². The van der Waals surface area contributed by atoms with Crippen molar-refractivity contribution in [3.05, 3.63) is 54.9 Å². The molecule has 3 aromatic rings. The molecule has 180 valence electrons. The first-order chi connectivity index (χ1) is 16.0. The number of thiophene rings is 1. The predicted molar refractivity (Wildman–Crippen MR) is 137 cm³/mol. The minimum Gasteiger partial charge on any atom is -0.338 e. The topological polar surface area (TPSA) is 88.1 Å². The van der Waals surface area contributed by atoms with Crippen LogP contribution in [0, 0.1) is 13.8 Å². The number of piperidine rings is 1. The summed E-state index contributed by atoms with van der Waals surface area (Å²) in [5.41, 5.74) is 2.97. The number of carbonyl (C=O) groups is 2. The highest BCUT2D eigenvalue weighted by atomic mass is 35.5. The molecule has 4 heterocycles. The maximum atomic E-state index is 13.2. The van der Waals surface area contributed by atoms with Crippen LogP contribution in [0.25, 0.3) is 0 Å². The maximum absolute atomic E-state index is 13.2. The number of nitrogens with one attached hydrogen (secondary N) is 1. The minimum atomic E-state index is -0.238. The number of aromatic nitrogens is 3. The molecule has 4 rings (SSSR count). The summed E-state index contributed by atoms with van der Waals surface area (Å²) in [5, 5.41) is 15.0. The largest absolute Gasteiger partial charge is 0.338 e. The molecule has 2 amide bonds. The van der Waals surface area contributed by atoms with Gasteiger partial charge < -0.3 is 4.90 Å². The zero-order chi connectivity index (χ0) is 24.6. The molecular formula is C24H28ClN5O2S2. The lowest BCUT2D eigenvalue weighted by atomic mass is 9.89. The van der Waals surface area contributed by atoms with Gasteiger partial charge in [0, 0.05) is 30.1 Å². The van der Waals surface area contributed by atoms with Crippen LogP contribution < -0.4 is 5.32 Å². The van der Waals surface area contributed by atoms with Gasteiger partial charge in [-0.25, -0.2) is 0 Å². The van der Waals surface area contributed by atoms with E-state index in [-0.39, 0.29) is 23.1 Å². The predicted octanol–water partition coefficient (Wildman–Crippen LogP) is 5.83. The SMILES string of the molecule is Cc1ccc(C(=O)Nc2nnc(C(C)(C)C)s2)c(C2CCN(C(=O)c3scc(C)c3Cl)CC2)n1. The van der Waals surface area contributed by atoms with E-state index >= 15 is 0 Å². The zero-order valence-electron chi connectivity index (χ0n) is 19.9. The van der Waals surface area contributed by atoms with Gasteiger partial charge in [-0.3, -0.25) is 19.9 Å². The fourth-order valence-corrected chi connectivity index (χ4v) is 5.93. The minimum absolute atomic E-state index is 0.0253. The van der Waals surface area contributed by atoms with Gasteiger partial charge in [-0.1, -0.05) is 43.7 Å². The number of rotatable bonds is 4. The van der Waals surface area contributed by atoms with Gasteiger partial charge in [0.1, 0.15) is 9.88 Å². The fraction of sp³-hybridized carbons (Fsp3) is 0.458. The fourth-order valence-electron chi connectivity index (χ4n) is 3.90. The number of anilines is 1. The maximum Gasteiger partial charge on any atom is 0.265 e. The van der Waals surface area contributed by atoms with E-state index in [0.29, 0.717) is 33.7 Å². The first-order valence-electron chi connectivity index (χ1n) is 11.2. The number of amides is 2. The molecule has 1 aliphatic heterocycles. The van der Waals surface area contributed by atoms with E-state index in [2.05, 4.69) is 36.3 Å². The van der Waals surface area contributed by atoms with E-state index in [4.69, 9.17) is 16.6 Å². The Balaban J connectivity index is 1.48. The van der Waals surface area contributed by atoms with Gasteiger partial charge >= 0.3 is 0 Å².